The zero-order chi connectivity index (χ0) is 19.7. The van der Waals surface area contributed by atoms with Crippen LogP contribution in [-0.2, 0) is 11.8 Å². The van der Waals surface area contributed by atoms with Crippen molar-refractivity contribution < 1.29 is 4.79 Å². The SMILES string of the molecule is CCNC(=O)c1ccc(N2CCCC3(CCc4cnc(N(C)C)nc43)C2)nc1. The van der Waals surface area contributed by atoms with Gasteiger partial charge in [0.05, 0.1) is 11.3 Å². The van der Waals surface area contributed by atoms with Crippen LogP contribution < -0.4 is 15.1 Å². The highest BCUT2D eigenvalue weighted by Crippen LogP contribution is 2.44. The highest BCUT2D eigenvalue weighted by molar-refractivity contribution is 5.94. The van der Waals surface area contributed by atoms with Crippen LogP contribution in [0.5, 0.6) is 0 Å². The van der Waals surface area contributed by atoms with E-state index in [-0.39, 0.29) is 11.3 Å². The van der Waals surface area contributed by atoms with E-state index in [9.17, 15) is 4.79 Å². The number of rotatable bonds is 4. The summed E-state index contributed by atoms with van der Waals surface area (Å²) in [4.78, 5) is 30.3. The average Bonchev–Trinajstić information content (AvgIpc) is 3.05. The van der Waals surface area contributed by atoms with E-state index in [0.29, 0.717) is 12.1 Å². The Morgan fingerprint density at radius 3 is 2.82 bits per heavy atom. The summed E-state index contributed by atoms with van der Waals surface area (Å²) >= 11 is 0. The number of piperidine rings is 1. The second kappa shape index (κ2) is 7.37. The van der Waals surface area contributed by atoms with E-state index in [1.807, 2.05) is 44.2 Å². The van der Waals surface area contributed by atoms with Gasteiger partial charge in [0, 0.05) is 51.5 Å². The van der Waals surface area contributed by atoms with Crippen LogP contribution in [0, 0.1) is 0 Å². The van der Waals surface area contributed by atoms with Crippen molar-refractivity contribution in [1.82, 2.24) is 20.3 Å². The minimum atomic E-state index is -0.0747. The summed E-state index contributed by atoms with van der Waals surface area (Å²) in [6, 6.07) is 3.83. The highest BCUT2D eigenvalue weighted by atomic mass is 16.1. The summed E-state index contributed by atoms with van der Waals surface area (Å²) in [6.45, 7) is 4.43. The Morgan fingerprint density at radius 2 is 2.11 bits per heavy atom. The largest absolute Gasteiger partial charge is 0.356 e. The maximum atomic E-state index is 12.0. The fourth-order valence-corrected chi connectivity index (χ4v) is 4.44. The monoisotopic (exact) mass is 380 g/mol. The van der Waals surface area contributed by atoms with Gasteiger partial charge >= 0.3 is 0 Å². The first-order valence-electron chi connectivity index (χ1n) is 10.1. The summed E-state index contributed by atoms with van der Waals surface area (Å²) < 4.78 is 0. The van der Waals surface area contributed by atoms with Crippen LogP contribution in [0.2, 0.25) is 0 Å². The number of hydrogen-bond donors (Lipinski definition) is 1. The Hall–Kier alpha value is -2.70. The van der Waals surface area contributed by atoms with Gasteiger partial charge in [-0.3, -0.25) is 4.79 Å². The van der Waals surface area contributed by atoms with Gasteiger partial charge in [0.1, 0.15) is 5.82 Å². The van der Waals surface area contributed by atoms with Gasteiger partial charge in [-0.25, -0.2) is 15.0 Å². The second-order valence-corrected chi connectivity index (χ2v) is 8.01. The van der Waals surface area contributed by atoms with Gasteiger partial charge in [-0.1, -0.05) is 0 Å². The lowest BCUT2D eigenvalue weighted by molar-refractivity contribution is 0.0955. The van der Waals surface area contributed by atoms with E-state index >= 15 is 0 Å². The molecular weight excluding hydrogens is 352 g/mol. The van der Waals surface area contributed by atoms with Gasteiger partial charge in [0.2, 0.25) is 5.95 Å². The predicted octanol–water partition coefficient (Wildman–Crippen LogP) is 2.17. The van der Waals surface area contributed by atoms with E-state index in [1.165, 1.54) is 11.3 Å². The van der Waals surface area contributed by atoms with E-state index in [4.69, 9.17) is 4.98 Å². The molecule has 3 heterocycles. The number of pyridine rings is 1. The molecule has 2 aromatic heterocycles. The molecule has 1 saturated heterocycles. The summed E-state index contributed by atoms with van der Waals surface area (Å²) in [5.41, 5.74) is 3.18. The van der Waals surface area contributed by atoms with Gasteiger partial charge < -0.3 is 15.1 Å². The lowest BCUT2D eigenvalue weighted by Crippen LogP contribution is -2.46. The van der Waals surface area contributed by atoms with Crippen LogP contribution in [0.3, 0.4) is 0 Å². The maximum Gasteiger partial charge on any atom is 0.252 e. The second-order valence-electron chi connectivity index (χ2n) is 8.01. The number of hydrogen-bond acceptors (Lipinski definition) is 6. The Morgan fingerprint density at radius 1 is 1.25 bits per heavy atom. The molecule has 4 rings (SSSR count). The third kappa shape index (κ3) is 3.30. The molecule has 1 spiro atoms. The Balaban J connectivity index is 1.58. The number of carbonyl (C=O) groups is 1. The molecule has 0 aromatic carbocycles. The topological polar surface area (TPSA) is 74.2 Å². The van der Waals surface area contributed by atoms with Crippen molar-refractivity contribution in [2.24, 2.45) is 0 Å². The molecule has 1 atom stereocenters. The summed E-state index contributed by atoms with van der Waals surface area (Å²) in [7, 11) is 3.97. The molecule has 2 aromatic rings. The highest BCUT2D eigenvalue weighted by Gasteiger charge is 2.44. The first-order valence-corrected chi connectivity index (χ1v) is 10.1. The van der Waals surface area contributed by atoms with Crippen LogP contribution in [0.25, 0.3) is 0 Å². The van der Waals surface area contributed by atoms with E-state index in [2.05, 4.69) is 20.2 Å². The van der Waals surface area contributed by atoms with Crippen molar-refractivity contribution in [3.63, 3.8) is 0 Å². The zero-order valence-electron chi connectivity index (χ0n) is 16.9. The smallest absolute Gasteiger partial charge is 0.252 e. The first-order chi connectivity index (χ1) is 13.5. The minimum Gasteiger partial charge on any atom is -0.356 e. The molecule has 7 heteroatoms. The zero-order valence-corrected chi connectivity index (χ0v) is 16.9. The quantitative estimate of drug-likeness (QED) is 0.876. The van der Waals surface area contributed by atoms with E-state index < -0.39 is 0 Å². The van der Waals surface area contributed by atoms with E-state index in [1.54, 1.807) is 6.20 Å². The number of anilines is 2. The number of nitrogens with zero attached hydrogens (tertiary/aromatic N) is 5. The molecule has 148 valence electrons. The van der Waals surface area contributed by atoms with Gasteiger partial charge in [-0.05, 0) is 50.3 Å². The van der Waals surface area contributed by atoms with Crippen molar-refractivity contribution in [1.29, 1.82) is 0 Å². The van der Waals surface area contributed by atoms with Crippen molar-refractivity contribution >= 4 is 17.7 Å². The summed E-state index contributed by atoms with van der Waals surface area (Å²) in [6.07, 6.45) is 8.10. The van der Waals surface area contributed by atoms with Crippen LogP contribution in [0.1, 0.15) is 47.8 Å². The normalized spacial score (nSPS) is 20.9. The molecule has 0 radical (unpaired) electrons. The van der Waals surface area contributed by atoms with Gasteiger partial charge in [0.15, 0.2) is 0 Å². The molecule has 1 aliphatic heterocycles. The molecule has 1 amide bonds. The Bertz CT molecular complexity index is 862. The standard InChI is InChI=1S/C21H28N6O/c1-4-22-19(28)16-6-7-17(23-13-16)27-11-5-9-21(14-27)10-8-15-12-24-20(26(2)3)25-18(15)21/h6-7,12-13H,4-5,8-11,14H2,1-3H3,(H,22,28). The van der Waals surface area contributed by atoms with Crippen LogP contribution >= 0.6 is 0 Å². The number of aromatic nitrogens is 3. The molecule has 0 bridgehead atoms. The fourth-order valence-electron chi connectivity index (χ4n) is 4.44. The van der Waals surface area contributed by atoms with Gasteiger partial charge in [-0.15, -0.1) is 0 Å². The minimum absolute atomic E-state index is 0.0707. The van der Waals surface area contributed by atoms with Crippen molar-refractivity contribution in [2.45, 2.75) is 38.0 Å². The lowest BCUT2D eigenvalue weighted by atomic mass is 9.77. The van der Waals surface area contributed by atoms with Gasteiger partial charge in [0.25, 0.3) is 5.91 Å². The molecule has 1 unspecified atom stereocenters. The molecule has 1 fully saturated rings. The number of carbonyl (C=O) groups excluding carboxylic acids is 1. The number of amides is 1. The number of nitrogens with one attached hydrogen (secondary N) is 1. The van der Waals surface area contributed by atoms with Gasteiger partial charge in [-0.2, -0.15) is 0 Å². The predicted molar refractivity (Wildman–Crippen MR) is 110 cm³/mol. The molecule has 28 heavy (non-hydrogen) atoms. The molecule has 0 saturated carbocycles. The molecule has 2 aliphatic rings. The molecule has 1 N–H and O–H groups in total. The van der Waals surface area contributed by atoms with Crippen molar-refractivity contribution in [3.05, 3.63) is 41.3 Å². The molecule has 1 aliphatic carbocycles. The lowest BCUT2D eigenvalue weighted by Gasteiger charge is -2.41. The summed E-state index contributed by atoms with van der Waals surface area (Å²) in [5.74, 6) is 1.64. The average molecular weight is 380 g/mol. The Labute approximate surface area is 166 Å². The number of aryl methyl sites for hydroxylation is 1. The molecule has 7 nitrogen and oxygen atoms in total. The molecular formula is C21H28N6O. The Kier molecular flexibility index (Phi) is 4.91. The third-order valence-electron chi connectivity index (χ3n) is 5.88. The van der Waals surface area contributed by atoms with Crippen molar-refractivity contribution in [2.75, 3.05) is 43.5 Å². The third-order valence-corrected chi connectivity index (χ3v) is 5.88. The maximum absolute atomic E-state index is 12.0. The van der Waals surface area contributed by atoms with Crippen molar-refractivity contribution in [3.8, 4) is 0 Å². The fraction of sp³-hybridized carbons (Fsp3) is 0.524. The van der Waals surface area contributed by atoms with Crippen LogP contribution in [0.15, 0.2) is 24.5 Å². The van der Waals surface area contributed by atoms with Crippen LogP contribution in [-0.4, -0.2) is 54.6 Å². The van der Waals surface area contributed by atoms with E-state index in [0.717, 1.165) is 50.5 Å². The summed E-state index contributed by atoms with van der Waals surface area (Å²) in [5, 5.41) is 2.82. The van der Waals surface area contributed by atoms with Crippen LogP contribution in [0.4, 0.5) is 11.8 Å². The first kappa shape index (κ1) is 18.7. The number of fused-ring (bicyclic) bond motifs is 2.